The van der Waals surface area contributed by atoms with Crippen molar-refractivity contribution < 1.29 is 19.7 Å². The number of aromatic hydroxyl groups is 2. The maximum atomic E-state index is 12.1. The summed E-state index contributed by atoms with van der Waals surface area (Å²) in [5, 5.41) is 19.6. The Kier molecular flexibility index (Phi) is 2.88. The fourth-order valence-electron chi connectivity index (χ4n) is 1.97. The van der Waals surface area contributed by atoms with Crippen LogP contribution in [0.1, 0.15) is 15.9 Å². The third kappa shape index (κ3) is 2.00. The Morgan fingerprint density at radius 3 is 2.70 bits per heavy atom. The molecule has 100 valence electrons. The van der Waals surface area contributed by atoms with Crippen molar-refractivity contribution in [3.8, 4) is 17.2 Å². The zero-order valence-electron chi connectivity index (χ0n) is 10.1. The third-order valence-electron chi connectivity index (χ3n) is 2.94. The smallest absolute Gasteiger partial charge is 0.232 e. The van der Waals surface area contributed by atoms with E-state index in [0.29, 0.717) is 10.6 Å². The lowest BCUT2D eigenvalue weighted by Crippen LogP contribution is -1.97. The molecule has 5 heteroatoms. The van der Waals surface area contributed by atoms with Crippen LogP contribution in [0.3, 0.4) is 0 Å². The molecule has 0 spiro atoms. The quantitative estimate of drug-likeness (QED) is 0.624. The molecule has 1 heterocycles. The standard InChI is InChI=1S/C15H9ClO4/c16-9-3-1-2-8(6-9)7-12-13(18)10-4-5-11(17)14(19)15(10)20-12/h1-7,17,19H/b12-7+. The summed E-state index contributed by atoms with van der Waals surface area (Å²) >= 11 is 5.87. The predicted molar refractivity (Wildman–Crippen MR) is 74.2 cm³/mol. The number of rotatable bonds is 1. The van der Waals surface area contributed by atoms with Gasteiger partial charge < -0.3 is 14.9 Å². The Morgan fingerprint density at radius 2 is 1.95 bits per heavy atom. The largest absolute Gasteiger partial charge is 0.504 e. The Labute approximate surface area is 119 Å². The number of phenolic OH excluding ortho intramolecular Hbond substituents is 2. The predicted octanol–water partition coefficient (Wildman–Crippen LogP) is 3.37. The maximum absolute atomic E-state index is 12.1. The van der Waals surface area contributed by atoms with E-state index in [4.69, 9.17) is 16.3 Å². The number of Topliss-reactive ketones (excluding diaryl/α,β-unsaturated/α-hetero) is 1. The zero-order valence-corrected chi connectivity index (χ0v) is 10.9. The summed E-state index contributed by atoms with van der Waals surface area (Å²) in [4.78, 5) is 12.1. The highest BCUT2D eigenvalue weighted by molar-refractivity contribution is 6.30. The van der Waals surface area contributed by atoms with E-state index in [9.17, 15) is 15.0 Å². The molecule has 0 radical (unpaired) electrons. The first-order valence-corrected chi connectivity index (χ1v) is 6.19. The second-order valence-corrected chi connectivity index (χ2v) is 4.74. The molecule has 0 atom stereocenters. The first kappa shape index (κ1) is 12.6. The van der Waals surface area contributed by atoms with Crippen molar-refractivity contribution in [1.29, 1.82) is 0 Å². The van der Waals surface area contributed by atoms with Crippen LogP contribution in [-0.4, -0.2) is 16.0 Å². The molecule has 4 nitrogen and oxygen atoms in total. The molecule has 2 N–H and O–H groups in total. The van der Waals surface area contributed by atoms with Crippen LogP contribution in [0, 0.1) is 0 Å². The van der Waals surface area contributed by atoms with E-state index in [1.54, 1.807) is 24.3 Å². The number of ether oxygens (including phenoxy) is 1. The number of benzene rings is 2. The van der Waals surface area contributed by atoms with Crippen LogP contribution in [0.4, 0.5) is 0 Å². The molecule has 1 aliphatic rings. The van der Waals surface area contributed by atoms with Crippen molar-refractivity contribution in [2.75, 3.05) is 0 Å². The average molecular weight is 289 g/mol. The number of fused-ring (bicyclic) bond motifs is 1. The molecule has 0 bridgehead atoms. The van der Waals surface area contributed by atoms with Gasteiger partial charge in [-0.3, -0.25) is 4.79 Å². The molecule has 20 heavy (non-hydrogen) atoms. The summed E-state index contributed by atoms with van der Waals surface area (Å²) in [5.41, 5.74) is 0.922. The highest BCUT2D eigenvalue weighted by atomic mass is 35.5. The Bertz CT molecular complexity index is 750. The van der Waals surface area contributed by atoms with Crippen LogP contribution in [0.25, 0.3) is 6.08 Å². The number of ketones is 1. The van der Waals surface area contributed by atoms with Gasteiger partial charge in [-0.1, -0.05) is 23.7 Å². The highest BCUT2D eigenvalue weighted by Gasteiger charge is 2.31. The van der Waals surface area contributed by atoms with E-state index in [0.717, 1.165) is 0 Å². The second-order valence-electron chi connectivity index (χ2n) is 4.30. The highest BCUT2D eigenvalue weighted by Crippen LogP contribution is 2.44. The van der Waals surface area contributed by atoms with Gasteiger partial charge in [0.05, 0.1) is 5.56 Å². The van der Waals surface area contributed by atoms with E-state index in [-0.39, 0.29) is 28.6 Å². The fraction of sp³-hybridized carbons (Fsp3) is 0. The van der Waals surface area contributed by atoms with E-state index in [1.165, 1.54) is 18.2 Å². The van der Waals surface area contributed by atoms with Gasteiger partial charge in [0.2, 0.25) is 11.5 Å². The topological polar surface area (TPSA) is 66.8 Å². The summed E-state index contributed by atoms with van der Waals surface area (Å²) in [7, 11) is 0. The van der Waals surface area contributed by atoms with Crippen molar-refractivity contribution in [1.82, 2.24) is 0 Å². The van der Waals surface area contributed by atoms with E-state index in [1.807, 2.05) is 0 Å². The van der Waals surface area contributed by atoms with Gasteiger partial charge in [0.25, 0.3) is 0 Å². The lowest BCUT2D eigenvalue weighted by molar-refractivity contribution is 0.101. The first-order valence-electron chi connectivity index (χ1n) is 5.81. The van der Waals surface area contributed by atoms with Gasteiger partial charge in [0, 0.05) is 5.02 Å². The van der Waals surface area contributed by atoms with Crippen LogP contribution in [0.15, 0.2) is 42.2 Å². The van der Waals surface area contributed by atoms with Gasteiger partial charge in [0.1, 0.15) is 0 Å². The molecule has 0 unspecified atom stereocenters. The summed E-state index contributed by atoms with van der Waals surface area (Å²) in [6.45, 7) is 0. The number of halogens is 1. The van der Waals surface area contributed by atoms with Gasteiger partial charge in [-0.15, -0.1) is 0 Å². The molecule has 3 rings (SSSR count). The first-order chi connectivity index (χ1) is 9.56. The molecule has 2 aromatic carbocycles. The average Bonchev–Trinajstić information content (AvgIpc) is 2.72. The lowest BCUT2D eigenvalue weighted by Gasteiger charge is -2.02. The third-order valence-corrected chi connectivity index (χ3v) is 3.17. The molecule has 0 amide bonds. The van der Waals surface area contributed by atoms with Gasteiger partial charge >= 0.3 is 0 Å². The van der Waals surface area contributed by atoms with Crippen molar-refractivity contribution in [3.05, 3.63) is 58.3 Å². The maximum Gasteiger partial charge on any atom is 0.232 e. The molecular formula is C15H9ClO4. The van der Waals surface area contributed by atoms with E-state index < -0.39 is 5.75 Å². The van der Waals surface area contributed by atoms with Gasteiger partial charge in [-0.25, -0.2) is 0 Å². The molecule has 0 saturated carbocycles. The minimum atomic E-state index is -0.439. The Morgan fingerprint density at radius 1 is 1.15 bits per heavy atom. The second kappa shape index (κ2) is 4.58. The molecule has 2 aromatic rings. The van der Waals surface area contributed by atoms with E-state index >= 15 is 0 Å². The molecule has 0 aromatic heterocycles. The van der Waals surface area contributed by atoms with Crippen molar-refractivity contribution in [2.24, 2.45) is 0 Å². The normalized spacial score (nSPS) is 15.2. The van der Waals surface area contributed by atoms with Crippen LogP contribution in [0.5, 0.6) is 17.2 Å². The lowest BCUT2D eigenvalue weighted by atomic mass is 10.1. The minimum Gasteiger partial charge on any atom is -0.504 e. The summed E-state index contributed by atoms with van der Waals surface area (Å²) in [6, 6.07) is 9.59. The van der Waals surface area contributed by atoms with Crippen molar-refractivity contribution >= 4 is 23.5 Å². The summed E-state index contributed by atoms with van der Waals surface area (Å²) in [5.74, 6) is -1.08. The van der Waals surface area contributed by atoms with Crippen LogP contribution in [0.2, 0.25) is 5.02 Å². The van der Waals surface area contributed by atoms with E-state index in [2.05, 4.69) is 0 Å². The molecule has 0 fully saturated rings. The Balaban J connectivity index is 2.04. The van der Waals surface area contributed by atoms with Crippen LogP contribution in [-0.2, 0) is 0 Å². The van der Waals surface area contributed by atoms with Crippen LogP contribution < -0.4 is 4.74 Å². The number of allylic oxidation sites excluding steroid dienone is 1. The zero-order chi connectivity index (χ0) is 14.3. The number of carbonyl (C=O) groups is 1. The Hall–Kier alpha value is -2.46. The minimum absolute atomic E-state index is 0.0247. The van der Waals surface area contributed by atoms with Gasteiger partial charge in [-0.05, 0) is 35.9 Å². The number of phenols is 2. The van der Waals surface area contributed by atoms with Crippen molar-refractivity contribution in [2.45, 2.75) is 0 Å². The summed E-state index contributed by atoms with van der Waals surface area (Å²) < 4.78 is 5.33. The van der Waals surface area contributed by atoms with Crippen LogP contribution >= 0.6 is 11.6 Å². The number of hydrogen-bond donors (Lipinski definition) is 2. The number of carbonyl (C=O) groups excluding carboxylic acids is 1. The molecular weight excluding hydrogens is 280 g/mol. The van der Waals surface area contributed by atoms with Crippen molar-refractivity contribution in [3.63, 3.8) is 0 Å². The summed E-state index contributed by atoms with van der Waals surface area (Å²) in [6.07, 6.45) is 1.53. The number of hydrogen-bond acceptors (Lipinski definition) is 4. The molecule has 0 saturated heterocycles. The van der Waals surface area contributed by atoms with Gasteiger partial charge in [0.15, 0.2) is 17.3 Å². The van der Waals surface area contributed by atoms with Gasteiger partial charge in [-0.2, -0.15) is 0 Å². The SMILES string of the molecule is O=C1/C(=C\c2cccc(Cl)c2)Oc2c1ccc(O)c2O. The molecule has 1 aliphatic heterocycles. The fourth-order valence-corrected chi connectivity index (χ4v) is 2.17. The molecule has 0 aliphatic carbocycles. The monoisotopic (exact) mass is 288 g/mol.